The summed E-state index contributed by atoms with van der Waals surface area (Å²) >= 11 is 2.24. The molecule has 1 N–H and O–H groups in total. The van der Waals surface area contributed by atoms with E-state index in [1.807, 2.05) is 78.9 Å². The Morgan fingerprint density at radius 2 is 1.19 bits per heavy atom. The molecule has 0 saturated heterocycles. The van der Waals surface area contributed by atoms with Gasteiger partial charge in [0, 0.05) is 16.4 Å². The van der Waals surface area contributed by atoms with E-state index in [0.717, 1.165) is 25.8 Å². The quantitative estimate of drug-likeness (QED) is 0.150. The molecule has 4 nitrogen and oxygen atoms in total. The predicted octanol–water partition coefficient (Wildman–Crippen LogP) is 5.92. The van der Waals surface area contributed by atoms with Gasteiger partial charge < -0.3 is 10.1 Å². The molecule has 4 aromatic rings. The lowest BCUT2D eigenvalue weighted by Crippen LogP contribution is -2.46. The molecule has 0 fully saturated rings. The van der Waals surface area contributed by atoms with Crippen molar-refractivity contribution in [1.82, 2.24) is 5.32 Å². The number of carbonyl (C=O) groups excluding carboxylic acids is 2. The van der Waals surface area contributed by atoms with Crippen LogP contribution in [0.3, 0.4) is 0 Å². The first-order valence-corrected chi connectivity index (χ1v) is 12.9. The Hall–Kier alpha value is -3.45. The van der Waals surface area contributed by atoms with E-state index < -0.39 is 17.4 Å². The topological polar surface area (TPSA) is 55.4 Å². The van der Waals surface area contributed by atoms with Crippen LogP contribution in [0.2, 0.25) is 0 Å². The van der Waals surface area contributed by atoms with Gasteiger partial charge in [-0.25, -0.2) is 4.79 Å². The fourth-order valence-electron chi connectivity index (χ4n) is 4.68. The fourth-order valence-corrected chi connectivity index (χ4v) is 5.29. The van der Waals surface area contributed by atoms with Crippen LogP contribution < -0.4 is 5.32 Å². The van der Waals surface area contributed by atoms with Gasteiger partial charge in [0.2, 0.25) is 5.91 Å². The maximum Gasteiger partial charge on any atom is 0.328 e. The minimum atomic E-state index is -0.793. The molecule has 0 aliphatic carbocycles. The van der Waals surface area contributed by atoms with Crippen LogP contribution in [0.1, 0.15) is 28.7 Å². The number of nitrogens with one attached hydrogen (secondary N) is 1. The van der Waals surface area contributed by atoms with Gasteiger partial charge in [-0.05, 0) is 50.9 Å². The maximum atomic E-state index is 13.8. The first-order chi connectivity index (χ1) is 17.5. The van der Waals surface area contributed by atoms with Crippen molar-refractivity contribution in [3.63, 3.8) is 0 Å². The lowest BCUT2D eigenvalue weighted by atomic mass is 9.67. The van der Waals surface area contributed by atoms with Crippen LogP contribution in [0.25, 0.3) is 0 Å². The molecule has 0 aromatic heterocycles. The van der Waals surface area contributed by atoms with E-state index in [-0.39, 0.29) is 12.3 Å². The molecular formula is C31H28INO3. The largest absolute Gasteiger partial charge is 0.467 e. The van der Waals surface area contributed by atoms with Crippen LogP contribution in [-0.4, -0.2) is 25.0 Å². The van der Waals surface area contributed by atoms with Gasteiger partial charge in [0.05, 0.1) is 12.5 Å². The summed E-state index contributed by atoms with van der Waals surface area (Å²) in [4.78, 5) is 26.5. The Morgan fingerprint density at radius 3 is 1.64 bits per heavy atom. The molecule has 0 unspecified atom stereocenters. The maximum absolute atomic E-state index is 13.8. The Bertz CT molecular complexity index is 1200. The molecule has 0 aliphatic heterocycles. The predicted molar refractivity (Wildman–Crippen MR) is 151 cm³/mol. The fraction of sp³-hybridized carbons (Fsp3) is 0.161. The van der Waals surface area contributed by atoms with Gasteiger partial charge in [-0.3, -0.25) is 4.79 Å². The van der Waals surface area contributed by atoms with Crippen molar-refractivity contribution >= 4 is 34.5 Å². The van der Waals surface area contributed by atoms with E-state index in [1.54, 1.807) is 0 Å². The molecule has 0 bridgehead atoms. The summed E-state index contributed by atoms with van der Waals surface area (Å²) in [7, 11) is 1.35. The number of carbonyl (C=O) groups is 2. The molecule has 182 valence electrons. The molecule has 0 spiro atoms. The molecule has 0 heterocycles. The van der Waals surface area contributed by atoms with Crippen molar-refractivity contribution in [2.45, 2.75) is 24.3 Å². The summed E-state index contributed by atoms with van der Waals surface area (Å²) in [5.41, 5.74) is 3.25. The number of amides is 1. The lowest BCUT2D eigenvalue weighted by Gasteiger charge is -2.36. The summed E-state index contributed by atoms with van der Waals surface area (Å²) in [5, 5.41) is 2.99. The minimum Gasteiger partial charge on any atom is -0.467 e. The minimum absolute atomic E-state index is 0.129. The van der Waals surface area contributed by atoms with Crippen LogP contribution in [0.4, 0.5) is 0 Å². The Balaban J connectivity index is 1.74. The highest BCUT2D eigenvalue weighted by molar-refractivity contribution is 14.1. The van der Waals surface area contributed by atoms with Crippen molar-refractivity contribution in [3.05, 3.63) is 141 Å². The molecule has 1 atom stereocenters. The van der Waals surface area contributed by atoms with E-state index in [0.29, 0.717) is 6.42 Å². The third-order valence-electron chi connectivity index (χ3n) is 6.43. The molecule has 36 heavy (non-hydrogen) atoms. The summed E-state index contributed by atoms with van der Waals surface area (Å²) in [5.74, 6) is -0.694. The second-order valence-electron chi connectivity index (χ2n) is 8.62. The van der Waals surface area contributed by atoms with Crippen LogP contribution >= 0.6 is 22.6 Å². The number of hydrogen-bond donors (Lipinski definition) is 1. The SMILES string of the molecule is COC(=O)[C@H](Cc1ccccc1I)NC(=O)CC(c1ccccc1)(c1ccccc1)c1ccccc1. The van der Waals surface area contributed by atoms with Crippen molar-refractivity contribution < 1.29 is 14.3 Å². The van der Waals surface area contributed by atoms with Crippen molar-refractivity contribution in [2.75, 3.05) is 7.11 Å². The summed E-state index contributed by atoms with van der Waals surface area (Å²) < 4.78 is 6.09. The van der Waals surface area contributed by atoms with Gasteiger partial charge in [0.15, 0.2) is 0 Å². The lowest BCUT2D eigenvalue weighted by molar-refractivity contribution is -0.145. The average Bonchev–Trinajstić information content (AvgIpc) is 2.93. The number of methoxy groups -OCH3 is 1. The standard InChI is InChI=1S/C31H28INO3/c1-36-30(35)28(21-23-13-11-12-20-27(23)32)33-29(34)22-31(24-14-5-2-6-15-24,25-16-7-3-8-17-25)26-18-9-4-10-19-26/h2-20,28H,21-22H2,1H3,(H,33,34)/t28-/m0/s1. The third-order valence-corrected chi connectivity index (χ3v) is 7.48. The molecule has 4 rings (SSSR count). The molecule has 0 radical (unpaired) electrons. The number of hydrogen-bond acceptors (Lipinski definition) is 3. The van der Waals surface area contributed by atoms with Crippen molar-refractivity contribution in [1.29, 1.82) is 0 Å². The number of rotatable bonds is 9. The number of halogens is 1. The Labute approximate surface area is 225 Å². The van der Waals surface area contributed by atoms with Crippen LogP contribution in [0.15, 0.2) is 115 Å². The van der Waals surface area contributed by atoms with Crippen molar-refractivity contribution in [2.24, 2.45) is 0 Å². The van der Waals surface area contributed by atoms with Gasteiger partial charge in [-0.1, -0.05) is 109 Å². The van der Waals surface area contributed by atoms with Crippen LogP contribution in [-0.2, 0) is 26.2 Å². The van der Waals surface area contributed by atoms with Gasteiger partial charge in [0.25, 0.3) is 0 Å². The number of esters is 1. The Kier molecular flexibility index (Phi) is 8.54. The molecule has 5 heteroatoms. The Morgan fingerprint density at radius 1 is 0.750 bits per heavy atom. The molecule has 4 aromatic carbocycles. The molecule has 1 amide bonds. The first kappa shape index (κ1) is 25.6. The second-order valence-corrected chi connectivity index (χ2v) is 9.78. The molecule has 0 saturated carbocycles. The van der Waals surface area contributed by atoms with E-state index in [4.69, 9.17) is 4.74 Å². The molecule has 0 aliphatic rings. The smallest absolute Gasteiger partial charge is 0.328 e. The van der Waals surface area contributed by atoms with E-state index in [9.17, 15) is 9.59 Å². The highest BCUT2D eigenvalue weighted by Crippen LogP contribution is 2.42. The van der Waals surface area contributed by atoms with E-state index in [1.165, 1.54) is 7.11 Å². The summed E-state index contributed by atoms with van der Waals surface area (Å²) in [6.45, 7) is 0. The highest BCUT2D eigenvalue weighted by atomic mass is 127. The van der Waals surface area contributed by atoms with Gasteiger partial charge in [0.1, 0.15) is 6.04 Å². The first-order valence-electron chi connectivity index (χ1n) is 11.8. The zero-order chi connectivity index (χ0) is 25.4. The van der Waals surface area contributed by atoms with Crippen molar-refractivity contribution in [3.8, 4) is 0 Å². The van der Waals surface area contributed by atoms with Gasteiger partial charge in [-0.2, -0.15) is 0 Å². The van der Waals surface area contributed by atoms with E-state index in [2.05, 4.69) is 64.3 Å². The summed E-state index contributed by atoms with van der Waals surface area (Å²) in [6.07, 6.45) is 0.483. The van der Waals surface area contributed by atoms with E-state index >= 15 is 0 Å². The average molecular weight is 589 g/mol. The van der Waals surface area contributed by atoms with Gasteiger partial charge >= 0.3 is 5.97 Å². The number of ether oxygens (including phenoxy) is 1. The second kappa shape index (κ2) is 12.0. The number of benzene rings is 4. The molecular weight excluding hydrogens is 561 g/mol. The van der Waals surface area contributed by atoms with Crippen LogP contribution in [0, 0.1) is 3.57 Å². The van der Waals surface area contributed by atoms with Crippen LogP contribution in [0.5, 0.6) is 0 Å². The zero-order valence-corrected chi connectivity index (χ0v) is 22.2. The normalized spacial score (nSPS) is 11.9. The summed E-state index contributed by atoms with van der Waals surface area (Å²) in [6, 6.07) is 37.2. The van der Waals surface area contributed by atoms with Gasteiger partial charge in [-0.15, -0.1) is 0 Å². The highest BCUT2D eigenvalue weighted by Gasteiger charge is 2.39. The monoisotopic (exact) mass is 589 g/mol. The zero-order valence-electron chi connectivity index (χ0n) is 20.1. The third kappa shape index (κ3) is 5.68.